The van der Waals surface area contributed by atoms with E-state index in [0.717, 1.165) is 28.1 Å². The molecular weight excluding hydrogens is 380 g/mol. The minimum atomic E-state index is -0.554. The minimum absolute atomic E-state index is 0.207. The highest BCUT2D eigenvalue weighted by molar-refractivity contribution is 7.18. The number of thiazole rings is 1. The van der Waals surface area contributed by atoms with Crippen molar-refractivity contribution in [3.05, 3.63) is 29.3 Å². The summed E-state index contributed by atoms with van der Waals surface area (Å²) < 4.78 is 6.15. The van der Waals surface area contributed by atoms with E-state index in [0.29, 0.717) is 13.0 Å². The number of likely N-dealkylation sites (N-methyl/N-ethyl adjacent to an activating group) is 1. The first-order valence-corrected chi connectivity index (χ1v) is 10.00. The summed E-state index contributed by atoms with van der Waals surface area (Å²) in [5, 5.41) is 3.33. The molecule has 0 saturated carbocycles. The number of nitrogens with zero attached hydrogens (tertiary/aromatic N) is 2. The highest BCUT2D eigenvalue weighted by Gasteiger charge is 2.21. The van der Waals surface area contributed by atoms with Crippen LogP contribution in [-0.4, -0.2) is 48.0 Å². The Balaban J connectivity index is 1.71. The fourth-order valence-corrected chi connectivity index (χ4v) is 3.61. The molecule has 0 saturated heterocycles. The van der Waals surface area contributed by atoms with E-state index in [-0.39, 0.29) is 25.0 Å². The van der Waals surface area contributed by atoms with Crippen LogP contribution < -0.4 is 11.1 Å². The first-order valence-electron chi connectivity index (χ1n) is 9.18. The molecule has 0 aliphatic heterocycles. The van der Waals surface area contributed by atoms with Crippen LogP contribution in [0.1, 0.15) is 43.7 Å². The quantitative estimate of drug-likeness (QED) is 0.465. The summed E-state index contributed by atoms with van der Waals surface area (Å²) in [5.74, 6) is -0.678. The number of carbonyl (C=O) groups excluding carboxylic acids is 3. The number of hydrogen-bond donors (Lipinski definition) is 2. The average Bonchev–Trinajstić information content (AvgIpc) is 3.11. The van der Waals surface area contributed by atoms with Gasteiger partial charge in [0.05, 0.1) is 16.3 Å². The van der Waals surface area contributed by atoms with Crippen LogP contribution in [0.5, 0.6) is 0 Å². The van der Waals surface area contributed by atoms with Crippen LogP contribution in [0.3, 0.4) is 0 Å². The van der Waals surface area contributed by atoms with E-state index >= 15 is 0 Å². The highest BCUT2D eigenvalue weighted by atomic mass is 32.1. The van der Waals surface area contributed by atoms with Crippen LogP contribution in [0.2, 0.25) is 0 Å². The molecule has 2 rings (SSSR count). The predicted molar refractivity (Wildman–Crippen MR) is 108 cm³/mol. The molecule has 1 aromatic heterocycles. The van der Waals surface area contributed by atoms with E-state index in [9.17, 15) is 14.4 Å². The van der Waals surface area contributed by atoms with Crippen molar-refractivity contribution in [2.45, 2.75) is 38.6 Å². The molecule has 0 spiro atoms. The normalized spacial score (nSPS) is 11.8. The van der Waals surface area contributed by atoms with Crippen molar-refractivity contribution < 1.29 is 19.1 Å². The summed E-state index contributed by atoms with van der Waals surface area (Å²) in [4.78, 5) is 40.7. The van der Waals surface area contributed by atoms with E-state index < -0.39 is 12.0 Å². The number of nitrogens with one attached hydrogen (secondary N) is 1. The van der Waals surface area contributed by atoms with E-state index in [1.807, 2.05) is 31.2 Å². The van der Waals surface area contributed by atoms with E-state index in [2.05, 4.69) is 10.3 Å². The molecule has 152 valence electrons. The topological polar surface area (TPSA) is 115 Å². The third-order valence-corrected chi connectivity index (χ3v) is 5.56. The molecule has 0 unspecified atom stereocenters. The van der Waals surface area contributed by atoms with Crippen molar-refractivity contribution in [3.8, 4) is 0 Å². The summed E-state index contributed by atoms with van der Waals surface area (Å²) >= 11 is 1.55. The predicted octanol–water partition coefficient (Wildman–Crippen LogP) is 2.59. The molecule has 2 aromatic rings. The number of primary amides is 1. The van der Waals surface area contributed by atoms with E-state index in [1.165, 1.54) is 0 Å². The Bertz CT molecular complexity index is 790. The summed E-state index contributed by atoms with van der Waals surface area (Å²) in [6, 6.07) is 7.06. The maximum atomic E-state index is 12.3. The zero-order valence-electron chi connectivity index (χ0n) is 16.1. The third-order valence-electron chi connectivity index (χ3n) is 4.36. The van der Waals surface area contributed by atoms with Crippen molar-refractivity contribution in [1.29, 1.82) is 0 Å². The molecule has 0 fully saturated rings. The maximum absolute atomic E-state index is 12.3. The fourth-order valence-electron chi connectivity index (χ4n) is 2.55. The van der Waals surface area contributed by atoms with Gasteiger partial charge in [0.2, 0.25) is 0 Å². The highest BCUT2D eigenvalue weighted by Crippen LogP contribution is 2.28. The second-order valence-electron chi connectivity index (χ2n) is 6.46. The molecule has 9 heteroatoms. The lowest BCUT2D eigenvalue weighted by molar-refractivity contribution is -0.152. The zero-order chi connectivity index (χ0) is 20.5. The van der Waals surface area contributed by atoms with Gasteiger partial charge in [-0.15, -0.1) is 11.3 Å². The van der Waals surface area contributed by atoms with Gasteiger partial charge in [-0.2, -0.15) is 0 Å². The Morgan fingerprint density at radius 3 is 2.71 bits per heavy atom. The van der Waals surface area contributed by atoms with Crippen LogP contribution >= 0.6 is 11.3 Å². The van der Waals surface area contributed by atoms with Gasteiger partial charge in [0.1, 0.15) is 5.01 Å². The Labute approximate surface area is 168 Å². The monoisotopic (exact) mass is 406 g/mol. The number of fused-ring (bicyclic) bond motifs is 1. The number of carbonyl (C=O) groups is 3. The van der Waals surface area contributed by atoms with Crippen molar-refractivity contribution in [1.82, 2.24) is 15.2 Å². The van der Waals surface area contributed by atoms with Crippen LogP contribution in [0, 0.1) is 0 Å². The number of para-hydroxylation sites is 1. The fraction of sp³-hybridized carbons (Fsp3) is 0.474. The Morgan fingerprint density at radius 1 is 1.25 bits per heavy atom. The van der Waals surface area contributed by atoms with Gasteiger partial charge in [0.15, 0.2) is 6.61 Å². The van der Waals surface area contributed by atoms with Gasteiger partial charge in [-0.3, -0.25) is 9.59 Å². The van der Waals surface area contributed by atoms with Gasteiger partial charge in [-0.05, 0) is 31.9 Å². The molecule has 1 aromatic carbocycles. The Morgan fingerprint density at radius 2 is 2.00 bits per heavy atom. The molecule has 0 radical (unpaired) electrons. The molecule has 8 nitrogen and oxygen atoms in total. The first kappa shape index (κ1) is 21.6. The van der Waals surface area contributed by atoms with Crippen LogP contribution in [0.4, 0.5) is 4.79 Å². The molecule has 0 aliphatic carbocycles. The number of hydrogen-bond acceptors (Lipinski definition) is 6. The van der Waals surface area contributed by atoms with Crippen molar-refractivity contribution >= 4 is 39.5 Å². The number of esters is 1. The Hall–Kier alpha value is -2.68. The number of urea groups is 1. The number of unbranched alkanes of at least 4 members (excludes halogenated alkanes) is 2. The van der Waals surface area contributed by atoms with Gasteiger partial charge in [0, 0.05) is 20.0 Å². The summed E-state index contributed by atoms with van der Waals surface area (Å²) in [7, 11) is 1.68. The molecule has 0 bridgehead atoms. The van der Waals surface area contributed by atoms with Gasteiger partial charge in [-0.1, -0.05) is 18.6 Å². The molecule has 3 amide bonds. The number of rotatable bonds is 10. The number of amides is 3. The number of benzene rings is 1. The van der Waals surface area contributed by atoms with Gasteiger partial charge >= 0.3 is 12.0 Å². The first-order chi connectivity index (χ1) is 13.4. The van der Waals surface area contributed by atoms with Crippen LogP contribution in [0.25, 0.3) is 10.2 Å². The largest absolute Gasteiger partial charge is 0.456 e. The molecule has 28 heavy (non-hydrogen) atoms. The van der Waals surface area contributed by atoms with Crippen molar-refractivity contribution in [2.75, 3.05) is 20.2 Å². The van der Waals surface area contributed by atoms with E-state index in [4.69, 9.17) is 10.5 Å². The van der Waals surface area contributed by atoms with Crippen molar-refractivity contribution in [3.63, 3.8) is 0 Å². The van der Waals surface area contributed by atoms with Crippen LogP contribution in [-0.2, 0) is 14.3 Å². The number of ether oxygens (including phenoxy) is 1. The molecule has 3 N–H and O–H groups in total. The molecule has 1 atom stereocenters. The van der Waals surface area contributed by atoms with Gasteiger partial charge in [0.25, 0.3) is 5.91 Å². The van der Waals surface area contributed by atoms with E-state index in [1.54, 1.807) is 23.3 Å². The summed E-state index contributed by atoms with van der Waals surface area (Å²) in [5.41, 5.74) is 5.87. The second-order valence-corrected chi connectivity index (χ2v) is 7.53. The second kappa shape index (κ2) is 10.6. The zero-order valence-corrected chi connectivity index (χ0v) is 17.0. The summed E-state index contributed by atoms with van der Waals surface area (Å²) in [6.45, 7) is 2.10. The minimum Gasteiger partial charge on any atom is -0.456 e. The third kappa shape index (κ3) is 6.49. The lowest BCUT2D eigenvalue weighted by atomic mass is 10.2. The van der Waals surface area contributed by atoms with Gasteiger partial charge in [-0.25, -0.2) is 9.78 Å². The molecule has 0 aliphatic rings. The maximum Gasteiger partial charge on any atom is 0.312 e. The number of nitrogens with two attached hydrogens (primary N) is 1. The lowest BCUT2D eigenvalue weighted by Gasteiger charge is -2.23. The van der Waals surface area contributed by atoms with Gasteiger partial charge < -0.3 is 20.7 Å². The smallest absolute Gasteiger partial charge is 0.312 e. The molecular formula is C19H26N4O4S. The Kier molecular flexibility index (Phi) is 8.19. The SMILES string of the molecule is C[C@H](c1nc2ccccc2s1)N(C)C(=O)COC(=O)CCCCCNC(N)=O. The van der Waals surface area contributed by atoms with Crippen molar-refractivity contribution in [2.24, 2.45) is 5.73 Å². The molecule has 1 heterocycles. The number of aromatic nitrogens is 1. The lowest BCUT2D eigenvalue weighted by Crippen LogP contribution is -2.33. The summed E-state index contributed by atoms with van der Waals surface area (Å²) in [6.07, 6.45) is 2.36. The standard InChI is InChI=1S/C19H26N4O4S/c1-13(18-22-14-8-5-6-9-15(14)28-18)23(2)16(24)12-27-17(25)10-4-3-7-11-21-19(20)26/h5-6,8-9,13H,3-4,7,10-12H2,1-2H3,(H3,20,21,26)/t13-/m1/s1. The van der Waals surface area contributed by atoms with Crippen LogP contribution in [0.15, 0.2) is 24.3 Å². The average molecular weight is 407 g/mol.